The molecule has 0 saturated heterocycles. The number of carbonyl (C=O) groups excluding carboxylic acids is 1. The summed E-state index contributed by atoms with van der Waals surface area (Å²) in [6.07, 6.45) is 1.37. The summed E-state index contributed by atoms with van der Waals surface area (Å²) in [6.45, 7) is -0.191. The van der Waals surface area contributed by atoms with Crippen LogP contribution in [0.4, 0.5) is 5.69 Å². The molecule has 4 rings (SSSR count). The number of amides is 1. The van der Waals surface area contributed by atoms with Gasteiger partial charge in [-0.1, -0.05) is 12.1 Å². The smallest absolute Gasteiger partial charge is 0.323 e. The number of hydrogen-bond acceptors (Lipinski definition) is 5. The van der Waals surface area contributed by atoms with Gasteiger partial charge in [-0.2, -0.15) is 0 Å². The fraction of sp³-hybridized carbons (Fsp3) is 0.211. The van der Waals surface area contributed by atoms with Gasteiger partial charge in [0.25, 0.3) is 5.56 Å². The van der Waals surface area contributed by atoms with Crippen molar-refractivity contribution in [2.24, 2.45) is 21.1 Å². The van der Waals surface area contributed by atoms with Crippen LogP contribution in [0.3, 0.4) is 0 Å². The van der Waals surface area contributed by atoms with Crippen LogP contribution in [0.2, 0.25) is 0 Å². The Hall–Kier alpha value is -3.95. The maximum atomic E-state index is 12.5. The maximum Gasteiger partial charge on any atom is 0.332 e. The highest BCUT2D eigenvalue weighted by Crippen LogP contribution is 2.14. The first-order valence-corrected chi connectivity index (χ1v) is 8.79. The number of benzene rings is 1. The highest BCUT2D eigenvalue weighted by atomic mass is 16.2. The molecule has 1 aromatic carbocycles. The molecule has 1 amide bonds. The van der Waals surface area contributed by atoms with Crippen LogP contribution in [0.15, 0.2) is 50.9 Å². The topological polar surface area (TPSA) is 113 Å². The average Bonchev–Trinajstić information content (AvgIpc) is 2.95. The molecule has 1 N–H and O–H groups in total. The van der Waals surface area contributed by atoms with Crippen molar-refractivity contribution in [3.63, 3.8) is 0 Å². The van der Waals surface area contributed by atoms with E-state index in [9.17, 15) is 19.2 Å². The van der Waals surface area contributed by atoms with Crippen LogP contribution >= 0.6 is 0 Å². The van der Waals surface area contributed by atoms with Crippen molar-refractivity contribution in [1.29, 1.82) is 0 Å². The molecule has 0 radical (unpaired) electrons. The average molecular weight is 394 g/mol. The summed E-state index contributed by atoms with van der Waals surface area (Å²) in [7, 11) is 4.54. The van der Waals surface area contributed by atoms with Crippen molar-refractivity contribution >= 4 is 33.7 Å². The zero-order chi connectivity index (χ0) is 20.9. The molecule has 0 unspecified atom stereocenters. The van der Waals surface area contributed by atoms with Gasteiger partial charge < -0.3 is 5.32 Å². The number of rotatable bonds is 3. The molecule has 3 heterocycles. The van der Waals surface area contributed by atoms with Crippen LogP contribution in [0.25, 0.3) is 22.1 Å². The van der Waals surface area contributed by atoms with Gasteiger partial charge in [0.2, 0.25) is 5.91 Å². The van der Waals surface area contributed by atoms with Crippen LogP contribution in [0, 0.1) is 0 Å². The van der Waals surface area contributed by atoms with E-state index in [2.05, 4.69) is 10.3 Å². The van der Waals surface area contributed by atoms with Crippen LogP contribution in [-0.4, -0.2) is 29.2 Å². The monoisotopic (exact) mass is 394 g/mol. The molecule has 10 heteroatoms. The molecule has 4 aromatic rings. The number of carbonyl (C=O) groups is 1. The van der Waals surface area contributed by atoms with Crippen LogP contribution < -0.4 is 22.3 Å². The van der Waals surface area contributed by atoms with Crippen LogP contribution in [0.1, 0.15) is 0 Å². The fourth-order valence-electron chi connectivity index (χ4n) is 3.39. The van der Waals surface area contributed by atoms with E-state index in [-0.39, 0.29) is 23.3 Å². The highest BCUT2D eigenvalue weighted by Gasteiger charge is 2.15. The first-order chi connectivity index (χ1) is 13.8. The van der Waals surface area contributed by atoms with Crippen molar-refractivity contribution in [3.8, 4) is 0 Å². The number of fused-ring (bicyclic) bond motifs is 2. The lowest BCUT2D eigenvalue weighted by atomic mass is 10.3. The van der Waals surface area contributed by atoms with Gasteiger partial charge in [0, 0.05) is 21.1 Å². The molecular formula is C19H18N6O4. The van der Waals surface area contributed by atoms with E-state index < -0.39 is 17.2 Å². The number of pyridine rings is 1. The Labute approximate surface area is 163 Å². The molecule has 0 aliphatic rings. The number of imidazole rings is 1. The number of nitrogens with one attached hydrogen (secondary N) is 1. The number of nitrogens with zero attached hydrogens (tertiary/aromatic N) is 5. The summed E-state index contributed by atoms with van der Waals surface area (Å²) >= 11 is 0. The molecule has 3 aromatic heterocycles. The molecule has 0 aliphatic carbocycles. The van der Waals surface area contributed by atoms with Crippen molar-refractivity contribution < 1.29 is 4.79 Å². The number of aromatic nitrogens is 5. The van der Waals surface area contributed by atoms with Gasteiger partial charge in [0.15, 0.2) is 0 Å². The maximum absolute atomic E-state index is 12.5. The molecule has 10 nitrogen and oxygen atoms in total. The second-order valence-electron chi connectivity index (χ2n) is 6.77. The predicted molar refractivity (Wildman–Crippen MR) is 108 cm³/mol. The molecule has 0 fully saturated rings. The molecule has 148 valence electrons. The molecule has 29 heavy (non-hydrogen) atoms. The van der Waals surface area contributed by atoms with Crippen molar-refractivity contribution in [1.82, 2.24) is 23.3 Å². The lowest BCUT2D eigenvalue weighted by Gasteiger charge is -2.09. The minimum absolute atomic E-state index is 0.191. The molecular weight excluding hydrogens is 376 g/mol. The Morgan fingerprint density at radius 3 is 2.38 bits per heavy atom. The van der Waals surface area contributed by atoms with E-state index in [4.69, 9.17) is 0 Å². The normalized spacial score (nSPS) is 11.3. The number of hydrogen-bond donors (Lipinski definition) is 1. The summed E-state index contributed by atoms with van der Waals surface area (Å²) in [5.74, 6) is -0.439. The Morgan fingerprint density at radius 1 is 0.966 bits per heavy atom. The lowest BCUT2D eigenvalue weighted by Crippen LogP contribution is -2.37. The predicted octanol–water partition coefficient (Wildman–Crippen LogP) is -0.0757. The van der Waals surface area contributed by atoms with Crippen molar-refractivity contribution in [2.45, 2.75) is 6.54 Å². The zero-order valence-electron chi connectivity index (χ0n) is 16.0. The third-order valence-corrected chi connectivity index (χ3v) is 4.93. The van der Waals surface area contributed by atoms with E-state index in [1.54, 1.807) is 25.2 Å². The molecule has 0 saturated carbocycles. The molecule has 0 spiro atoms. The van der Waals surface area contributed by atoms with Gasteiger partial charge in [0.1, 0.15) is 12.2 Å². The Kier molecular flexibility index (Phi) is 4.18. The van der Waals surface area contributed by atoms with Gasteiger partial charge in [-0.05, 0) is 18.2 Å². The van der Waals surface area contributed by atoms with E-state index in [1.165, 1.54) is 40.1 Å². The largest absolute Gasteiger partial charge is 0.332 e. The molecule has 0 aliphatic heterocycles. The molecule has 0 atom stereocenters. The van der Waals surface area contributed by atoms with Gasteiger partial charge in [-0.15, -0.1) is 0 Å². The zero-order valence-corrected chi connectivity index (χ0v) is 16.0. The second kappa shape index (κ2) is 6.59. The fourth-order valence-corrected chi connectivity index (χ4v) is 3.39. The van der Waals surface area contributed by atoms with Gasteiger partial charge in [-0.3, -0.25) is 27.9 Å². The summed E-state index contributed by atoms with van der Waals surface area (Å²) in [5, 5.41) is 2.86. The van der Waals surface area contributed by atoms with E-state index in [0.717, 1.165) is 10.1 Å². The van der Waals surface area contributed by atoms with Crippen molar-refractivity contribution in [2.75, 3.05) is 5.32 Å². The van der Waals surface area contributed by atoms with Crippen LogP contribution in [0.5, 0.6) is 0 Å². The lowest BCUT2D eigenvalue weighted by molar-refractivity contribution is -0.116. The van der Waals surface area contributed by atoms with E-state index >= 15 is 0 Å². The highest BCUT2D eigenvalue weighted by molar-refractivity contribution is 5.93. The number of para-hydroxylation sites is 2. The van der Waals surface area contributed by atoms with E-state index in [0.29, 0.717) is 11.2 Å². The quantitative estimate of drug-likeness (QED) is 0.522. The van der Waals surface area contributed by atoms with Gasteiger partial charge >= 0.3 is 11.4 Å². The van der Waals surface area contributed by atoms with Gasteiger partial charge in [-0.25, -0.2) is 14.6 Å². The number of anilines is 1. The minimum Gasteiger partial charge on any atom is -0.323 e. The summed E-state index contributed by atoms with van der Waals surface area (Å²) in [5.41, 5.74) is 0.603. The second-order valence-corrected chi connectivity index (χ2v) is 6.77. The minimum atomic E-state index is -0.503. The summed E-state index contributed by atoms with van der Waals surface area (Å²) < 4.78 is 5.09. The Morgan fingerprint density at radius 2 is 1.66 bits per heavy atom. The Bertz CT molecular complexity index is 1470. The van der Waals surface area contributed by atoms with Crippen molar-refractivity contribution in [3.05, 3.63) is 67.9 Å². The standard InChI is InChI=1S/C19H18N6O4/c1-22-13-6-4-5-7-14(13)25(19(22)29)10-15(26)21-11-8-12-16(20-9-11)23(2)18(28)24(3)17(12)27/h4-9H,10H2,1-3H3,(H,21,26). The van der Waals surface area contributed by atoms with Crippen LogP contribution in [-0.2, 0) is 32.5 Å². The first-order valence-electron chi connectivity index (χ1n) is 8.79. The third kappa shape index (κ3) is 2.85. The van der Waals surface area contributed by atoms with Gasteiger partial charge in [0.05, 0.1) is 28.3 Å². The SMILES string of the molecule is Cn1c(=O)c2cc(NC(=O)Cn3c(=O)n(C)c4ccccc43)cnc2n(C)c1=O. The van der Waals surface area contributed by atoms with E-state index in [1.807, 2.05) is 6.07 Å². The first kappa shape index (κ1) is 18.4. The number of aryl methyl sites for hydroxylation is 2. The third-order valence-electron chi connectivity index (χ3n) is 4.93. The summed E-state index contributed by atoms with van der Waals surface area (Å²) in [6, 6.07) is 8.66. The Balaban J connectivity index is 1.69. The molecule has 0 bridgehead atoms. The summed E-state index contributed by atoms with van der Waals surface area (Å²) in [4.78, 5) is 53.5.